The molecule has 0 unspecified atom stereocenters. The molecule has 0 saturated carbocycles. The van der Waals surface area contributed by atoms with E-state index in [1.165, 1.54) is 0 Å². The SMILES string of the molecule is CN1CCC(CNC(=O)CNC(=O)CNC(=O)c2ccccc2)(N(C)C)CC1. The van der Waals surface area contributed by atoms with E-state index >= 15 is 0 Å². The normalized spacial score (nSPS) is 16.4. The summed E-state index contributed by atoms with van der Waals surface area (Å²) in [5, 5.41) is 8.01. The Kier molecular flexibility index (Phi) is 7.95. The van der Waals surface area contributed by atoms with Crippen LogP contribution in [0.2, 0.25) is 0 Å². The van der Waals surface area contributed by atoms with Crippen LogP contribution in [0.1, 0.15) is 23.2 Å². The highest BCUT2D eigenvalue weighted by Gasteiger charge is 2.35. The zero-order valence-corrected chi connectivity index (χ0v) is 17.0. The molecule has 1 heterocycles. The summed E-state index contributed by atoms with van der Waals surface area (Å²) in [6, 6.07) is 8.66. The van der Waals surface area contributed by atoms with E-state index in [2.05, 4.69) is 32.8 Å². The minimum absolute atomic E-state index is 0.0597. The molecule has 28 heavy (non-hydrogen) atoms. The fourth-order valence-corrected chi connectivity index (χ4v) is 3.24. The second-order valence-corrected chi connectivity index (χ2v) is 7.52. The highest BCUT2D eigenvalue weighted by molar-refractivity contribution is 5.96. The molecule has 1 aliphatic heterocycles. The Hall–Kier alpha value is -2.45. The number of carbonyl (C=O) groups excluding carboxylic acids is 3. The molecule has 2 rings (SSSR count). The van der Waals surface area contributed by atoms with Gasteiger partial charge in [0.1, 0.15) is 0 Å². The first-order valence-corrected chi connectivity index (χ1v) is 9.55. The molecular weight excluding hydrogens is 358 g/mol. The van der Waals surface area contributed by atoms with Gasteiger partial charge in [-0.15, -0.1) is 0 Å². The lowest BCUT2D eigenvalue weighted by Gasteiger charge is -2.45. The number of likely N-dealkylation sites (N-methyl/N-ethyl adjacent to an activating group) is 1. The van der Waals surface area contributed by atoms with Crippen molar-refractivity contribution in [1.82, 2.24) is 25.8 Å². The standard InChI is InChI=1S/C20H31N5O3/c1-24(2)20(9-11-25(3)12-10-20)15-23-18(27)13-21-17(26)14-22-19(28)16-7-5-4-6-8-16/h4-8H,9-15H2,1-3H3,(H,21,26)(H,22,28)(H,23,27). The van der Waals surface area contributed by atoms with Gasteiger partial charge in [0.05, 0.1) is 13.1 Å². The Morgan fingerprint density at radius 3 is 2.14 bits per heavy atom. The van der Waals surface area contributed by atoms with Crippen LogP contribution in [-0.2, 0) is 9.59 Å². The van der Waals surface area contributed by atoms with Crippen molar-refractivity contribution in [2.24, 2.45) is 0 Å². The second-order valence-electron chi connectivity index (χ2n) is 7.52. The minimum Gasteiger partial charge on any atom is -0.353 e. The van der Waals surface area contributed by atoms with E-state index < -0.39 is 5.91 Å². The van der Waals surface area contributed by atoms with Crippen LogP contribution in [0.25, 0.3) is 0 Å². The van der Waals surface area contributed by atoms with E-state index in [0.717, 1.165) is 25.9 Å². The molecule has 154 valence electrons. The molecule has 1 saturated heterocycles. The molecule has 1 aromatic rings. The number of amides is 3. The zero-order valence-electron chi connectivity index (χ0n) is 17.0. The lowest BCUT2D eigenvalue weighted by Crippen LogP contribution is -2.58. The Labute approximate surface area is 166 Å². The summed E-state index contributed by atoms with van der Waals surface area (Å²) in [7, 11) is 6.17. The average Bonchev–Trinajstić information content (AvgIpc) is 2.70. The lowest BCUT2D eigenvalue weighted by molar-refractivity contribution is -0.126. The third-order valence-electron chi connectivity index (χ3n) is 5.37. The van der Waals surface area contributed by atoms with Crippen molar-refractivity contribution < 1.29 is 14.4 Å². The van der Waals surface area contributed by atoms with Crippen LogP contribution in [0.4, 0.5) is 0 Å². The molecular formula is C20H31N5O3. The van der Waals surface area contributed by atoms with Gasteiger partial charge in [-0.3, -0.25) is 14.4 Å². The molecule has 0 aromatic heterocycles. The summed E-state index contributed by atoms with van der Waals surface area (Å²) < 4.78 is 0. The van der Waals surface area contributed by atoms with Crippen LogP contribution < -0.4 is 16.0 Å². The molecule has 3 N–H and O–H groups in total. The number of nitrogens with one attached hydrogen (secondary N) is 3. The molecule has 3 amide bonds. The van der Waals surface area contributed by atoms with E-state index in [4.69, 9.17) is 0 Å². The number of likely N-dealkylation sites (tertiary alicyclic amines) is 1. The van der Waals surface area contributed by atoms with Crippen LogP contribution in [0.5, 0.6) is 0 Å². The Morgan fingerprint density at radius 1 is 0.964 bits per heavy atom. The molecule has 0 atom stereocenters. The van der Waals surface area contributed by atoms with E-state index in [0.29, 0.717) is 12.1 Å². The number of hydrogen-bond acceptors (Lipinski definition) is 5. The van der Waals surface area contributed by atoms with Crippen molar-refractivity contribution in [2.45, 2.75) is 18.4 Å². The molecule has 0 radical (unpaired) electrons. The fraction of sp³-hybridized carbons (Fsp3) is 0.550. The third-order valence-corrected chi connectivity index (χ3v) is 5.37. The lowest BCUT2D eigenvalue weighted by atomic mass is 9.86. The summed E-state index contributed by atoms with van der Waals surface area (Å²) in [6.07, 6.45) is 1.96. The number of hydrogen-bond donors (Lipinski definition) is 3. The summed E-state index contributed by atoms with van der Waals surface area (Å²) in [5.41, 5.74) is 0.427. The second kappa shape index (κ2) is 10.2. The number of piperidine rings is 1. The van der Waals surface area contributed by atoms with Crippen LogP contribution in [0.3, 0.4) is 0 Å². The van der Waals surface area contributed by atoms with Gasteiger partial charge in [0, 0.05) is 17.6 Å². The van der Waals surface area contributed by atoms with Gasteiger partial charge in [0.25, 0.3) is 5.91 Å². The Bertz CT molecular complexity index is 670. The van der Waals surface area contributed by atoms with Gasteiger partial charge in [-0.2, -0.15) is 0 Å². The van der Waals surface area contributed by atoms with Crippen LogP contribution >= 0.6 is 0 Å². The topological polar surface area (TPSA) is 93.8 Å². The van der Waals surface area contributed by atoms with Crippen molar-refractivity contribution in [3.63, 3.8) is 0 Å². The summed E-state index contributed by atoms with van der Waals surface area (Å²) in [6.45, 7) is 2.25. The van der Waals surface area contributed by atoms with Gasteiger partial charge in [-0.1, -0.05) is 18.2 Å². The van der Waals surface area contributed by atoms with Crippen molar-refractivity contribution in [1.29, 1.82) is 0 Å². The van der Waals surface area contributed by atoms with Crippen LogP contribution in [-0.4, -0.2) is 86.9 Å². The van der Waals surface area contributed by atoms with Gasteiger partial charge in [-0.25, -0.2) is 0 Å². The predicted molar refractivity (Wildman–Crippen MR) is 108 cm³/mol. The van der Waals surface area contributed by atoms with E-state index in [1.807, 2.05) is 20.2 Å². The first-order valence-electron chi connectivity index (χ1n) is 9.55. The van der Waals surface area contributed by atoms with Crippen LogP contribution in [0, 0.1) is 0 Å². The predicted octanol–water partition coefficient (Wildman–Crippen LogP) is -0.325. The van der Waals surface area contributed by atoms with Gasteiger partial charge in [-0.05, 0) is 59.2 Å². The third kappa shape index (κ3) is 6.31. The molecule has 1 aliphatic rings. The molecule has 1 fully saturated rings. The number of carbonyl (C=O) groups is 3. The number of benzene rings is 1. The molecule has 0 bridgehead atoms. The smallest absolute Gasteiger partial charge is 0.251 e. The van der Waals surface area contributed by atoms with Crippen molar-refractivity contribution in [3.05, 3.63) is 35.9 Å². The first-order chi connectivity index (χ1) is 13.3. The highest BCUT2D eigenvalue weighted by Crippen LogP contribution is 2.25. The van der Waals surface area contributed by atoms with Gasteiger partial charge in [0.2, 0.25) is 11.8 Å². The summed E-state index contributed by atoms with van der Waals surface area (Å²) >= 11 is 0. The molecule has 8 heteroatoms. The van der Waals surface area contributed by atoms with E-state index in [1.54, 1.807) is 24.3 Å². The van der Waals surface area contributed by atoms with Gasteiger partial charge < -0.3 is 25.8 Å². The van der Waals surface area contributed by atoms with Crippen molar-refractivity contribution >= 4 is 17.7 Å². The minimum atomic E-state index is -0.402. The number of nitrogens with zero attached hydrogens (tertiary/aromatic N) is 2. The molecule has 0 spiro atoms. The Morgan fingerprint density at radius 2 is 1.54 bits per heavy atom. The summed E-state index contributed by atoms with van der Waals surface area (Å²) in [5.74, 6) is -0.959. The van der Waals surface area contributed by atoms with Crippen molar-refractivity contribution in [2.75, 3.05) is 53.9 Å². The quantitative estimate of drug-likeness (QED) is 0.566. The Balaban J connectivity index is 1.70. The number of rotatable bonds is 8. The maximum atomic E-state index is 12.1. The van der Waals surface area contributed by atoms with Crippen LogP contribution in [0.15, 0.2) is 30.3 Å². The van der Waals surface area contributed by atoms with Gasteiger partial charge in [0.15, 0.2) is 0 Å². The molecule has 0 aliphatic carbocycles. The fourth-order valence-electron chi connectivity index (χ4n) is 3.24. The largest absolute Gasteiger partial charge is 0.353 e. The summed E-state index contributed by atoms with van der Waals surface area (Å²) in [4.78, 5) is 40.4. The molecule has 8 nitrogen and oxygen atoms in total. The zero-order chi connectivity index (χ0) is 20.6. The van der Waals surface area contributed by atoms with Gasteiger partial charge >= 0.3 is 0 Å². The average molecular weight is 390 g/mol. The van der Waals surface area contributed by atoms with Crippen molar-refractivity contribution in [3.8, 4) is 0 Å². The maximum absolute atomic E-state index is 12.1. The van der Waals surface area contributed by atoms with E-state index in [9.17, 15) is 14.4 Å². The highest BCUT2D eigenvalue weighted by atomic mass is 16.2. The van der Waals surface area contributed by atoms with E-state index in [-0.39, 0.29) is 30.4 Å². The first kappa shape index (κ1) is 21.8. The maximum Gasteiger partial charge on any atom is 0.251 e. The monoisotopic (exact) mass is 389 g/mol. The molecule has 1 aromatic carbocycles.